The third kappa shape index (κ3) is 8.78. The standard InChI is InChI=1S/C28H30F2N4O5/c1-28(2,3)39-27(38)33-24-7-5-4-6-23(24)32-25(36)19-10-8-18(9-11-19)17-34(14-15-35)26(37)31-20-12-13-21(29)22(30)16-20/h4-13,16,35H,14-15,17H2,1-3H3,(H,31,37)(H,32,36)(H,33,38). The highest BCUT2D eigenvalue weighted by atomic mass is 19.2. The fraction of sp³-hybridized carbons (Fsp3) is 0.250. The van der Waals surface area contributed by atoms with Gasteiger partial charge in [-0.2, -0.15) is 0 Å². The minimum atomic E-state index is -1.10. The summed E-state index contributed by atoms with van der Waals surface area (Å²) in [6.45, 7) is 4.98. The smallest absolute Gasteiger partial charge is 0.412 e. The molecule has 0 aromatic heterocycles. The molecule has 9 nitrogen and oxygen atoms in total. The average Bonchev–Trinajstić information content (AvgIpc) is 2.86. The van der Waals surface area contributed by atoms with E-state index in [1.807, 2.05) is 0 Å². The summed E-state index contributed by atoms with van der Waals surface area (Å²) in [6, 6.07) is 15.5. The van der Waals surface area contributed by atoms with Gasteiger partial charge in [-0.05, 0) is 62.7 Å². The van der Waals surface area contributed by atoms with E-state index in [4.69, 9.17) is 4.74 Å². The van der Waals surface area contributed by atoms with Crippen LogP contribution in [0.4, 0.5) is 35.4 Å². The van der Waals surface area contributed by atoms with Crippen LogP contribution in [0.2, 0.25) is 0 Å². The van der Waals surface area contributed by atoms with Crippen molar-refractivity contribution >= 4 is 35.1 Å². The highest BCUT2D eigenvalue weighted by Gasteiger charge is 2.18. The fourth-order valence-electron chi connectivity index (χ4n) is 3.44. The van der Waals surface area contributed by atoms with Gasteiger partial charge in [0, 0.05) is 30.4 Å². The number of hydrogen-bond donors (Lipinski definition) is 4. The molecule has 0 saturated heterocycles. The summed E-state index contributed by atoms with van der Waals surface area (Å²) < 4.78 is 31.9. The maximum Gasteiger partial charge on any atom is 0.412 e. The molecule has 0 atom stereocenters. The van der Waals surface area contributed by atoms with Crippen molar-refractivity contribution in [2.75, 3.05) is 29.1 Å². The Kier molecular flexibility index (Phi) is 9.56. The number of benzene rings is 3. The van der Waals surface area contributed by atoms with Gasteiger partial charge in [-0.1, -0.05) is 24.3 Å². The second kappa shape index (κ2) is 12.8. The molecule has 206 valence electrons. The summed E-state index contributed by atoms with van der Waals surface area (Å²) in [6.07, 6.45) is -0.658. The number of nitrogens with zero attached hydrogens (tertiary/aromatic N) is 1. The van der Waals surface area contributed by atoms with Gasteiger partial charge >= 0.3 is 12.1 Å². The van der Waals surface area contributed by atoms with Crippen molar-refractivity contribution in [3.05, 3.63) is 89.5 Å². The number of hydrogen-bond acceptors (Lipinski definition) is 5. The van der Waals surface area contributed by atoms with E-state index >= 15 is 0 Å². The number of urea groups is 1. The van der Waals surface area contributed by atoms with Gasteiger partial charge in [0.1, 0.15) is 5.60 Å². The fourth-order valence-corrected chi connectivity index (χ4v) is 3.44. The first kappa shape index (κ1) is 29.1. The lowest BCUT2D eigenvalue weighted by Gasteiger charge is -2.22. The Morgan fingerprint density at radius 2 is 1.51 bits per heavy atom. The van der Waals surface area contributed by atoms with E-state index in [1.165, 1.54) is 11.0 Å². The van der Waals surface area contributed by atoms with Crippen LogP contribution in [0.15, 0.2) is 66.7 Å². The number of carbonyl (C=O) groups is 3. The number of ether oxygens (including phenoxy) is 1. The summed E-state index contributed by atoms with van der Waals surface area (Å²) in [5.41, 5.74) is 1.11. The van der Waals surface area contributed by atoms with E-state index in [2.05, 4.69) is 16.0 Å². The minimum absolute atomic E-state index is 0.0147. The number of carbonyl (C=O) groups excluding carboxylic acids is 3. The molecule has 0 radical (unpaired) electrons. The zero-order valence-corrected chi connectivity index (χ0v) is 21.8. The third-order valence-electron chi connectivity index (χ3n) is 5.23. The number of halogens is 2. The van der Waals surface area contributed by atoms with E-state index in [9.17, 15) is 28.3 Å². The highest BCUT2D eigenvalue weighted by molar-refractivity contribution is 6.06. The number of aliphatic hydroxyl groups is 1. The molecule has 0 heterocycles. The number of aliphatic hydroxyl groups excluding tert-OH is 1. The summed E-state index contributed by atoms with van der Waals surface area (Å²) in [5.74, 6) is -2.56. The zero-order chi connectivity index (χ0) is 28.6. The molecular formula is C28H30F2N4O5. The molecule has 3 aromatic carbocycles. The number of anilines is 3. The van der Waals surface area contributed by atoms with Gasteiger partial charge in [0.2, 0.25) is 0 Å². The van der Waals surface area contributed by atoms with Gasteiger partial charge in [0.05, 0.1) is 18.0 Å². The van der Waals surface area contributed by atoms with Crippen LogP contribution in [0.25, 0.3) is 0 Å². The first-order chi connectivity index (χ1) is 18.4. The molecule has 0 aliphatic heterocycles. The van der Waals surface area contributed by atoms with Gasteiger partial charge in [0.25, 0.3) is 5.91 Å². The lowest BCUT2D eigenvalue weighted by molar-refractivity contribution is 0.0635. The Morgan fingerprint density at radius 3 is 2.10 bits per heavy atom. The van der Waals surface area contributed by atoms with Crippen LogP contribution in [0.1, 0.15) is 36.7 Å². The predicted octanol–water partition coefficient (Wildman–Crippen LogP) is 5.59. The molecule has 39 heavy (non-hydrogen) atoms. The van der Waals surface area contributed by atoms with Crippen molar-refractivity contribution in [3.8, 4) is 0 Å². The SMILES string of the molecule is CC(C)(C)OC(=O)Nc1ccccc1NC(=O)c1ccc(CN(CCO)C(=O)Nc2ccc(F)c(F)c2)cc1. The normalized spacial score (nSPS) is 10.9. The second-order valence-electron chi connectivity index (χ2n) is 9.53. The number of rotatable bonds is 8. The van der Waals surface area contributed by atoms with Crippen molar-refractivity contribution in [3.63, 3.8) is 0 Å². The minimum Gasteiger partial charge on any atom is -0.444 e. The van der Waals surface area contributed by atoms with Crippen LogP contribution in [0.3, 0.4) is 0 Å². The van der Waals surface area contributed by atoms with Crippen LogP contribution >= 0.6 is 0 Å². The van der Waals surface area contributed by atoms with Crippen molar-refractivity contribution in [1.82, 2.24) is 4.90 Å². The first-order valence-electron chi connectivity index (χ1n) is 12.1. The number of amides is 4. The predicted molar refractivity (Wildman–Crippen MR) is 144 cm³/mol. The molecule has 0 aliphatic carbocycles. The van der Waals surface area contributed by atoms with Gasteiger partial charge in [0.15, 0.2) is 11.6 Å². The number of nitrogens with one attached hydrogen (secondary N) is 3. The van der Waals surface area contributed by atoms with Crippen LogP contribution in [0, 0.1) is 11.6 Å². The average molecular weight is 541 g/mol. The van der Waals surface area contributed by atoms with Crippen LogP contribution < -0.4 is 16.0 Å². The van der Waals surface area contributed by atoms with E-state index in [-0.39, 0.29) is 25.4 Å². The molecule has 0 fully saturated rings. The molecule has 4 N–H and O–H groups in total. The van der Waals surface area contributed by atoms with E-state index in [0.29, 0.717) is 22.5 Å². The first-order valence-corrected chi connectivity index (χ1v) is 12.1. The summed E-state index contributed by atoms with van der Waals surface area (Å²) in [7, 11) is 0. The Morgan fingerprint density at radius 1 is 0.872 bits per heavy atom. The van der Waals surface area contributed by atoms with Crippen molar-refractivity contribution in [2.45, 2.75) is 32.9 Å². The van der Waals surface area contributed by atoms with E-state index in [0.717, 1.165) is 12.1 Å². The second-order valence-corrected chi connectivity index (χ2v) is 9.53. The van der Waals surface area contributed by atoms with Gasteiger partial charge in [-0.15, -0.1) is 0 Å². The summed E-state index contributed by atoms with van der Waals surface area (Å²) >= 11 is 0. The summed E-state index contributed by atoms with van der Waals surface area (Å²) in [4.78, 5) is 39.0. The molecule has 0 unspecified atom stereocenters. The summed E-state index contributed by atoms with van der Waals surface area (Å²) in [5, 5.41) is 17.2. The molecule has 0 saturated carbocycles. The quantitative estimate of drug-likeness (QED) is 0.297. The van der Waals surface area contributed by atoms with Gasteiger partial charge < -0.3 is 25.4 Å². The largest absolute Gasteiger partial charge is 0.444 e. The maximum atomic E-state index is 13.5. The van der Waals surface area contributed by atoms with Crippen LogP contribution in [-0.2, 0) is 11.3 Å². The Bertz CT molecular complexity index is 1330. The highest BCUT2D eigenvalue weighted by Crippen LogP contribution is 2.23. The topological polar surface area (TPSA) is 120 Å². The van der Waals surface area contributed by atoms with Gasteiger partial charge in [-0.3, -0.25) is 10.1 Å². The lowest BCUT2D eigenvalue weighted by Crippen LogP contribution is -2.36. The molecule has 3 aromatic rings. The molecule has 0 aliphatic rings. The molecule has 0 bridgehead atoms. The Balaban J connectivity index is 1.65. The molecule has 11 heteroatoms. The molecule has 3 rings (SSSR count). The molecular weight excluding hydrogens is 510 g/mol. The van der Waals surface area contributed by atoms with E-state index < -0.39 is 35.3 Å². The maximum absolute atomic E-state index is 13.5. The monoisotopic (exact) mass is 540 g/mol. The van der Waals surface area contributed by atoms with Crippen molar-refractivity contribution < 1.29 is 33.0 Å². The van der Waals surface area contributed by atoms with Crippen molar-refractivity contribution in [2.24, 2.45) is 0 Å². The Hall–Kier alpha value is -4.51. The molecule has 0 spiro atoms. The van der Waals surface area contributed by atoms with Gasteiger partial charge in [-0.25, -0.2) is 18.4 Å². The zero-order valence-electron chi connectivity index (χ0n) is 21.8. The lowest BCUT2D eigenvalue weighted by atomic mass is 10.1. The van der Waals surface area contributed by atoms with Crippen LogP contribution in [-0.4, -0.2) is 46.8 Å². The number of para-hydroxylation sites is 2. The Labute approximate surface area is 224 Å². The van der Waals surface area contributed by atoms with Crippen molar-refractivity contribution in [1.29, 1.82) is 0 Å². The third-order valence-corrected chi connectivity index (χ3v) is 5.23. The van der Waals surface area contributed by atoms with E-state index in [1.54, 1.807) is 69.3 Å². The molecule has 4 amide bonds. The van der Waals surface area contributed by atoms with Crippen LogP contribution in [0.5, 0.6) is 0 Å².